The molecule has 3 nitrogen and oxygen atoms in total. The summed E-state index contributed by atoms with van der Waals surface area (Å²) in [5, 5.41) is 21.4. The highest BCUT2D eigenvalue weighted by molar-refractivity contribution is 5.49. The Morgan fingerprint density at radius 1 is 1.27 bits per heavy atom. The summed E-state index contributed by atoms with van der Waals surface area (Å²) in [6.07, 6.45) is 5.14. The highest BCUT2D eigenvalue weighted by Gasteiger charge is 2.19. The summed E-state index contributed by atoms with van der Waals surface area (Å²) < 4.78 is -0.521. The smallest absolute Gasteiger partial charge is 0.137 e. The van der Waals surface area contributed by atoms with E-state index < -0.39 is 4.65 Å². The van der Waals surface area contributed by atoms with E-state index in [1.54, 1.807) is 30.5 Å². The zero-order valence-corrected chi connectivity index (χ0v) is 8.34. The van der Waals surface area contributed by atoms with Crippen LogP contribution in [0.4, 0.5) is 5.69 Å². The quantitative estimate of drug-likeness (QED) is 0.589. The topological polar surface area (TPSA) is 43.3 Å². The number of aliphatic hydroxyl groups excluding tert-OH is 1. The molecule has 1 aromatic carbocycles. The molecule has 0 bridgehead atoms. The fraction of sp³-hybridized carbons (Fsp3) is 0.167. The number of aliphatic hydroxyl groups is 1. The predicted octanol–water partition coefficient (Wildman–Crippen LogP) is 1.94. The Morgan fingerprint density at radius 3 is 2.67 bits per heavy atom. The van der Waals surface area contributed by atoms with Crippen molar-refractivity contribution in [1.82, 2.24) is 4.65 Å². The number of benzene rings is 1. The average molecular weight is 203 g/mol. The van der Waals surface area contributed by atoms with Gasteiger partial charge < -0.3 is 10.3 Å². The van der Waals surface area contributed by atoms with Crippen LogP contribution in [-0.2, 0) is 0 Å². The number of hydrogen-bond donors (Lipinski definition) is 1. The second-order valence-corrected chi connectivity index (χ2v) is 3.58. The fourth-order valence-electron chi connectivity index (χ4n) is 1.68. The Kier molecular flexibility index (Phi) is 2.68. The molecule has 1 heterocycles. The zero-order chi connectivity index (χ0) is 10.7. The van der Waals surface area contributed by atoms with Crippen molar-refractivity contribution >= 4 is 5.69 Å². The van der Waals surface area contributed by atoms with Crippen LogP contribution in [0, 0.1) is 5.21 Å². The standard InChI is InChI=1S/C12H13NO2/c14-10-11-5-4-8-13(15,9-11)12-6-2-1-3-7-12/h1-7,9,14H,8,10H2/t13-/m1/s1. The summed E-state index contributed by atoms with van der Waals surface area (Å²) in [6.45, 7) is 0.291. The molecule has 1 aromatic rings. The Bertz CT molecular complexity index is 397. The van der Waals surface area contributed by atoms with E-state index >= 15 is 0 Å². The van der Waals surface area contributed by atoms with Gasteiger partial charge in [-0.25, -0.2) is 0 Å². The van der Waals surface area contributed by atoms with Gasteiger partial charge in [-0.3, -0.25) is 4.65 Å². The van der Waals surface area contributed by atoms with E-state index in [4.69, 9.17) is 5.11 Å². The first-order chi connectivity index (χ1) is 7.24. The van der Waals surface area contributed by atoms with Crippen molar-refractivity contribution in [3.05, 3.63) is 59.5 Å². The lowest BCUT2D eigenvalue weighted by molar-refractivity contribution is 0.330. The van der Waals surface area contributed by atoms with Crippen molar-refractivity contribution in [2.24, 2.45) is 0 Å². The molecule has 0 fully saturated rings. The van der Waals surface area contributed by atoms with Crippen LogP contribution >= 0.6 is 0 Å². The Balaban J connectivity index is 2.36. The van der Waals surface area contributed by atoms with Crippen LogP contribution < -0.4 is 4.65 Å². The van der Waals surface area contributed by atoms with Gasteiger partial charge in [-0.2, -0.15) is 0 Å². The van der Waals surface area contributed by atoms with Crippen molar-refractivity contribution < 1.29 is 5.11 Å². The molecule has 15 heavy (non-hydrogen) atoms. The van der Waals surface area contributed by atoms with E-state index in [0.717, 1.165) is 0 Å². The van der Waals surface area contributed by atoms with Gasteiger partial charge in [-0.1, -0.05) is 18.2 Å². The molecular formula is C12H13NO2. The first kappa shape index (κ1) is 10.1. The van der Waals surface area contributed by atoms with E-state index in [2.05, 4.69) is 0 Å². The van der Waals surface area contributed by atoms with Crippen LogP contribution in [0.5, 0.6) is 0 Å². The molecule has 1 atom stereocenters. The Morgan fingerprint density at radius 2 is 2.00 bits per heavy atom. The van der Waals surface area contributed by atoms with Crippen LogP contribution in [-0.4, -0.2) is 18.3 Å². The van der Waals surface area contributed by atoms with E-state index in [0.29, 0.717) is 17.8 Å². The molecule has 0 aliphatic carbocycles. The van der Waals surface area contributed by atoms with Crippen LogP contribution in [0.25, 0.3) is 0 Å². The number of hydrogen-bond acceptors (Lipinski definition) is 2. The summed E-state index contributed by atoms with van der Waals surface area (Å²) in [5.74, 6) is 0. The minimum absolute atomic E-state index is 0.0917. The maximum Gasteiger partial charge on any atom is 0.137 e. The second kappa shape index (κ2) is 3.98. The summed E-state index contributed by atoms with van der Waals surface area (Å²) in [4.78, 5) is 0. The lowest BCUT2D eigenvalue weighted by Gasteiger charge is -2.39. The van der Waals surface area contributed by atoms with Crippen LogP contribution in [0.2, 0.25) is 0 Å². The van der Waals surface area contributed by atoms with Gasteiger partial charge in [0.05, 0.1) is 6.61 Å². The van der Waals surface area contributed by atoms with Crippen LogP contribution in [0.15, 0.2) is 54.3 Å². The van der Waals surface area contributed by atoms with E-state index in [9.17, 15) is 5.21 Å². The molecule has 0 unspecified atom stereocenters. The van der Waals surface area contributed by atoms with Gasteiger partial charge in [0, 0.05) is 5.57 Å². The van der Waals surface area contributed by atoms with Gasteiger partial charge in [0.15, 0.2) is 0 Å². The van der Waals surface area contributed by atoms with Gasteiger partial charge in [0.25, 0.3) is 0 Å². The SMILES string of the molecule is [O-][N@@+]1(c2ccccc2)C=C(CO)C=CC1. The maximum absolute atomic E-state index is 12.4. The molecule has 1 N–H and O–H groups in total. The monoisotopic (exact) mass is 203 g/mol. The van der Waals surface area contributed by atoms with Crippen LogP contribution in [0.3, 0.4) is 0 Å². The number of quaternary nitrogens is 1. The first-order valence-corrected chi connectivity index (χ1v) is 4.88. The summed E-state index contributed by atoms with van der Waals surface area (Å²) in [6, 6.07) is 9.18. The number of rotatable bonds is 2. The largest absolute Gasteiger partial charge is 0.622 e. The predicted molar refractivity (Wildman–Crippen MR) is 60.8 cm³/mol. The van der Waals surface area contributed by atoms with Gasteiger partial charge in [0.2, 0.25) is 0 Å². The van der Waals surface area contributed by atoms with E-state index in [1.807, 2.05) is 18.2 Å². The van der Waals surface area contributed by atoms with Gasteiger partial charge >= 0.3 is 0 Å². The molecule has 2 rings (SSSR count). The zero-order valence-electron chi connectivity index (χ0n) is 8.34. The Labute approximate surface area is 88.7 Å². The third-order valence-corrected chi connectivity index (χ3v) is 2.46. The van der Waals surface area contributed by atoms with Crippen molar-refractivity contribution in [2.45, 2.75) is 0 Å². The van der Waals surface area contributed by atoms with Crippen molar-refractivity contribution in [3.63, 3.8) is 0 Å². The molecule has 0 amide bonds. The minimum Gasteiger partial charge on any atom is -0.622 e. The summed E-state index contributed by atoms with van der Waals surface area (Å²) >= 11 is 0. The lowest BCUT2D eigenvalue weighted by Crippen LogP contribution is -2.39. The van der Waals surface area contributed by atoms with Crippen LogP contribution in [0.1, 0.15) is 0 Å². The molecule has 0 spiro atoms. The van der Waals surface area contributed by atoms with E-state index in [-0.39, 0.29) is 6.61 Å². The van der Waals surface area contributed by atoms with Gasteiger partial charge in [-0.05, 0) is 24.3 Å². The molecule has 0 radical (unpaired) electrons. The highest BCUT2D eigenvalue weighted by atomic mass is 16.5. The molecule has 1 aliphatic rings. The molecule has 3 heteroatoms. The molecule has 0 saturated carbocycles. The van der Waals surface area contributed by atoms with E-state index in [1.165, 1.54) is 0 Å². The van der Waals surface area contributed by atoms with Crippen molar-refractivity contribution in [2.75, 3.05) is 13.2 Å². The second-order valence-electron chi connectivity index (χ2n) is 3.58. The average Bonchev–Trinajstić information content (AvgIpc) is 2.30. The normalized spacial score (nSPS) is 25.1. The Hall–Kier alpha value is -1.42. The number of hydroxylamine groups is 2. The number of para-hydroxylation sites is 1. The third kappa shape index (κ3) is 1.99. The molecular weight excluding hydrogens is 190 g/mol. The third-order valence-electron chi connectivity index (χ3n) is 2.46. The first-order valence-electron chi connectivity index (χ1n) is 4.88. The van der Waals surface area contributed by atoms with Gasteiger partial charge in [-0.15, -0.1) is 0 Å². The minimum atomic E-state index is -0.521. The highest BCUT2D eigenvalue weighted by Crippen LogP contribution is 2.25. The van der Waals surface area contributed by atoms with Crippen molar-refractivity contribution in [3.8, 4) is 0 Å². The fourth-order valence-corrected chi connectivity index (χ4v) is 1.68. The summed E-state index contributed by atoms with van der Waals surface area (Å²) in [7, 11) is 0. The molecule has 1 aliphatic heterocycles. The van der Waals surface area contributed by atoms with Gasteiger partial charge in [0.1, 0.15) is 18.4 Å². The molecule has 0 saturated heterocycles. The lowest BCUT2D eigenvalue weighted by atomic mass is 10.2. The molecule has 0 aromatic heterocycles. The summed E-state index contributed by atoms with van der Waals surface area (Å²) in [5.41, 5.74) is 1.35. The van der Waals surface area contributed by atoms with Crippen molar-refractivity contribution in [1.29, 1.82) is 0 Å². The molecule has 78 valence electrons. The number of nitrogens with zero attached hydrogens (tertiary/aromatic N) is 1. The maximum atomic E-state index is 12.4.